The first kappa shape index (κ1) is 18.8. The largest absolute Gasteiger partial charge is 0.371 e. The Balaban J connectivity index is 1.58. The van der Waals surface area contributed by atoms with E-state index in [1.54, 1.807) is 0 Å². The van der Waals surface area contributed by atoms with Crippen LogP contribution in [0.2, 0.25) is 5.02 Å². The Bertz CT molecular complexity index is 744. The second kappa shape index (κ2) is 8.59. The van der Waals surface area contributed by atoms with Gasteiger partial charge in [-0.2, -0.15) is 0 Å². The molecule has 26 heavy (non-hydrogen) atoms. The fourth-order valence-electron chi connectivity index (χ4n) is 3.59. The number of hydrogen-bond acceptors (Lipinski definition) is 2. The molecule has 1 amide bonds. The van der Waals surface area contributed by atoms with Gasteiger partial charge in [-0.1, -0.05) is 48.9 Å². The van der Waals surface area contributed by atoms with Crippen molar-refractivity contribution < 1.29 is 4.79 Å². The minimum absolute atomic E-state index is 0.0143. The molecular weight excluding hydrogens is 344 g/mol. The fourth-order valence-corrected chi connectivity index (χ4v) is 3.79. The monoisotopic (exact) mass is 370 g/mol. The van der Waals surface area contributed by atoms with Gasteiger partial charge in [-0.25, -0.2) is 0 Å². The lowest BCUT2D eigenvalue weighted by Gasteiger charge is -2.33. The predicted molar refractivity (Wildman–Crippen MR) is 109 cm³/mol. The van der Waals surface area contributed by atoms with E-state index in [4.69, 9.17) is 11.6 Å². The van der Waals surface area contributed by atoms with Crippen LogP contribution in [-0.2, 0) is 11.2 Å². The second-order valence-electron chi connectivity index (χ2n) is 7.34. The Morgan fingerprint density at radius 2 is 1.96 bits per heavy atom. The molecule has 1 aliphatic rings. The van der Waals surface area contributed by atoms with E-state index in [1.165, 1.54) is 18.5 Å². The first-order valence-electron chi connectivity index (χ1n) is 9.40. The fraction of sp³-hybridized carbons (Fsp3) is 0.409. The highest BCUT2D eigenvalue weighted by atomic mass is 35.5. The van der Waals surface area contributed by atoms with Crippen LogP contribution in [0.1, 0.15) is 43.9 Å². The highest BCUT2D eigenvalue weighted by molar-refractivity contribution is 6.31. The highest BCUT2D eigenvalue weighted by Gasteiger charge is 2.17. The Hall–Kier alpha value is -2.00. The summed E-state index contributed by atoms with van der Waals surface area (Å²) in [5.74, 6) is 0.742. The molecule has 1 heterocycles. The molecule has 2 aromatic rings. The number of hydrogen-bond donors (Lipinski definition) is 1. The summed E-state index contributed by atoms with van der Waals surface area (Å²) < 4.78 is 0. The van der Waals surface area contributed by atoms with E-state index in [1.807, 2.05) is 31.2 Å². The normalized spacial score (nSPS) is 18.4. The van der Waals surface area contributed by atoms with E-state index in [0.29, 0.717) is 11.4 Å². The van der Waals surface area contributed by atoms with E-state index >= 15 is 0 Å². The summed E-state index contributed by atoms with van der Waals surface area (Å²) in [5.41, 5.74) is 3.25. The van der Waals surface area contributed by atoms with Crippen LogP contribution >= 0.6 is 11.6 Å². The van der Waals surface area contributed by atoms with Crippen molar-refractivity contribution in [3.63, 3.8) is 0 Å². The molecule has 4 heteroatoms. The maximum Gasteiger partial charge on any atom is 0.224 e. The summed E-state index contributed by atoms with van der Waals surface area (Å²) in [6.07, 6.45) is 2.88. The van der Waals surface area contributed by atoms with Crippen molar-refractivity contribution in [2.75, 3.05) is 18.0 Å². The lowest BCUT2D eigenvalue weighted by Crippen LogP contribution is -2.34. The maximum atomic E-state index is 12.3. The van der Waals surface area contributed by atoms with Gasteiger partial charge in [-0.05, 0) is 55.0 Å². The molecule has 3 nitrogen and oxygen atoms in total. The zero-order valence-electron chi connectivity index (χ0n) is 15.5. The Morgan fingerprint density at radius 1 is 1.23 bits per heavy atom. The van der Waals surface area contributed by atoms with E-state index in [9.17, 15) is 4.79 Å². The average Bonchev–Trinajstić information content (AvgIpc) is 2.64. The minimum Gasteiger partial charge on any atom is -0.371 e. The summed E-state index contributed by atoms with van der Waals surface area (Å²) in [6, 6.07) is 16.0. The molecule has 0 unspecified atom stereocenters. The van der Waals surface area contributed by atoms with Crippen LogP contribution in [0.3, 0.4) is 0 Å². The molecule has 0 radical (unpaired) electrons. The van der Waals surface area contributed by atoms with Crippen LogP contribution in [0.4, 0.5) is 5.69 Å². The van der Waals surface area contributed by atoms with Gasteiger partial charge in [0.15, 0.2) is 0 Å². The summed E-state index contributed by atoms with van der Waals surface area (Å²) in [5, 5.41) is 3.70. The van der Waals surface area contributed by atoms with Crippen molar-refractivity contribution >= 4 is 23.2 Å². The van der Waals surface area contributed by atoms with Crippen LogP contribution in [-0.4, -0.2) is 19.0 Å². The zero-order valence-corrected chi connectivity index (χ0v) is 16.3. The second-order valence-corrected chi connectivity index (χ2v) is 7.75. The van der Waals surface area contributed by atoms with Gasteiger partial charge in [0.05, 0.1) is 12.5 Å². The number of carbonyl (C=O) groups is 1. The van der Waals surface area contributed by atoms with Crippen LogP contribution < -0.4 is 10.2 Å². The molecule has 0 spiro atoms. The van der Waals surface area contributed by atoms with E-state index in [2.05, 4.69) is 41.4 Å². The molecule has 2 aromatic carbocycles. The Morgan fingerprint density at radius 3 is 2.65 bits per heavy atom. The third-order valence-corrected chi connectivity index (χ3v) is 5.47. The van der Waals surface area contributed by atoms with E-state index in [0.717, 1.165) is 30.1 Å². The van der Waals surface area contributed by atoms with Crippen molar-refractivity contribution in [3.8, 4) is 0 Å². The van der Waals surface area contributed by atoms with Gasteiger partial charge < -0.3 is 10.2 Å². The summed E-state index contributed by atoms with van der Waals surface area (Å²) in [6.45, 7) is 6.59. The van der Waals surface area contributed by atoms with Crippen molar-refractivity contribution in [2.24, 2.45) is 5.92 Å². The lowest BCUT2D eigenvalue weighted by molar-refractivity contribution is -0.121. The van der Waals surface area contributed by atoms with Gasteiger partial charge in [0.2, 0.25) is 5.91 Å². The number of piperidine rings is 1. The molecule has 0 aliphatic carbocycles. The van der Waals surface area contributed by atoms with Crippen molar-refractivity contribution in [2.45, 2.75) is 39.2 Å². The quantitative estimate of drug-likeness (QED) is 0.803. The standard InChI is InChI=1S/C22H27ClN2O/c1-16-6-5-13-25(15-16)20-11-9-18(10-12-20)17(2)24-22(26)14-19-7-3-4-8-21(19)23/h3-4,7-12,16-17H,5-6,13-15H2,1-2H3,(H,24,26)/t16-,17+/m1/s1. The third kappa shape index (κ3) is 4.79. The summed E-state index contributed by atoms with van der Waals surface area (Å²) in [7, 11) is 0. The number of anilines is 1. The zero-order chi connectivity index (χ0) is 18.5. The molecule has 0 saturated carbocycles. The minimum atomic E-state index is -0.0284. The molecule has 0 bridgehead atoms. The first-order valence-corrected chi connectivity index (χ1v) is 9.78. The number of benzene rings is 2. The highest BCUT2D eigenvalue weighted by Crippen LogP contribution is 2.24. The van der Waals surface area contributed by atoms with Crippen LogP contribution in [0.25, 0.3) is 0 Å². The van der Waals surface area contributed by atoms with Gasteiger partial charge >= 0.3 is 0 Å². The maximum absolute atomic E-state index is 12.3. The van der Waals surface area contributed by atoms with Crippen molar-refractivity contribution in [1.29, 1.82) is 0 Å². The van der Waals surface area contributed by atoms with Gasteiger partial charge in [0, 0.05) is 23.8 Å². The van der Waals surface area contributed by atoms with E-state index < -0.39 is 0 Å². The number of carbonyl (C=O) groups excluding carboxylic acids is 1. The Labute approximate surface area is 161 Å². The van der Waals surface area contributed by atoms with Crippen LogP contribution in [0.15, 0.2) is 48.5 Å². The number of amides is 1. The summed E-state index contributed by atoms with van der Waals surface area (Å²) in [4.78, 5) is 14.8. The number of rotatable bonds is 5. The predicted octanol–water partition coefficient (Wildman–Crippen LogP) is 5.00. The molecular formula is C22H27ClN2O. The topological polar surface area (TPSA) is 32.3 Å². The average molecular weight is 371 g/mol. The molecule has 2 atom stereocenters. The molecule has 1 aliphatic heterocycles. The van der Waals surface area contributed by atoms with Gasteiger partial charge in [0.25, 0.3) is 0 Å². The number of nitrogens with one attached hydrogen (secondary N) is 1. The van der Waals surface area contributed by atoms with E-state index in [-0.39, 0.29) is 11.9 Å². The first-order chi connectivity index (χ1) is 12.5. The molecule has 1 N–H and O–H groups in total. The number of nitrogens with zero attached hydrogens (tertiary/aromatic N) is 1. The molecule has 3 rings (SSSR count). The molecule has 138 valence electrons. The third-order valence-electron chi connectivity index (χ3n) is 5.10. The molecule has 0 aromatic heterocycles. The van der Waals surface area contributed by atoms with Gasteiger partial charge in [-0.15, -0.1) is 0 Å². The summed E-state index contributed by atoms with van der Waals surface area (Å²) >= 11 is 6.14. The Kier molecular flexibility index (Phi) is 6.20. The van der Waals surface area contributed by atoms with Crippen LogP contribution in [0, 0.1) is 5.92 Å². The lowest BCUT2D eigenvalue weighted by atomic mass is 9.99. The molecule has 1 saturated heterocycles. The molecule has 1 fully saturated rings. The number of halogens is 1. The van der Waals surface area contributed by atoms with Crippen LogP contribution in [0.5, 0.6) is 0 Å². The van der Waals surface area contributed by atoms with Gasteiger partial charge in [-0.3, -0.25) is 4.79 Å². The van der Waals surface area contributed by atoms with Crippen molar-refractivity contribution in [3.05, 3.63) is 64.7 Å². The smallest absolute Gasteiger partial charge is 0.224 e. The van der Waals surface area contributed by atoms with Gasteiger partial charge in [0.1, 0.15) is 0 Å². The SMILES string of the molecule is C[C@@H]1CCCN(c2ccc([C@H](C)NC(=O)Cc3ccccc3Cl)cc2)C1. The van der Waals surface area contributed by atoms with Crippen molar-refractivity contribution in [1.82, 2.24) is 5.32 Å².